The minimum Gasteiger partial charge on any atom is -0.312 e. The summed E-state index contributed by atoms with van der Waals surface area (Å²) in [6.45, 7) is 9.71. The summed E-state index contributed by atoms with van der Waals surface area (Å²) in [7, 11) is 8.18. The molecule has 0 aromatic rings. The van der Waals surface area contributed by atoms with Gasteiger partial charge in [-0.25, -0.2) is 6.57 Å². The molecule has 0 saturated heterocycles. The molecule has 0 spiro atoms. The van der Waals surface area contributed by atoms with Crippen LogP contribution in [0.3, 0.4) is 0 Å². The molecule has 0 radical (unpaired) electrons. The number of hydrogen-bond donors (Lipinski definition) is 0. The highest BCUT2D eigenvalue weighted by Crippen LogP contribution is 2.02. The van der Waals surface area contributed by atoms with Crippen molar-refractivity contribution >= 4 is 0 Å². The van der Waals surface area contributed by atoms with Crippen LogP contribution in [-0.2, 0) is 0 Å². The lowest BCUT2D eigenvalue weighted by Gasteiger charge is -2.31. The van der Waals surface area contributed by atoms with Crippen LogP contribution in [0, 0.1) is 17.9 Å². The Kier molecular flexibility index (Phi) is 4.56. The lowest BCUT2D eigenvalue weighted by molar-refractivity contribution is -0.940. The van der Waals surface area contributed by atoms with Crippen molar-refractivity contribution < 1.29 is 8.97 Å². The Morgan fingerprint density at radius 3 is 2.07 bits per heavy atom. The molecule has 0 rings (SSSR count). The minimum absolute atomic E-state index is 0.507. The van der Waals surface area contributed by atoms with Crippen molar-refractivity contribution in [2.45, 2.75) is 0 Å². The second-order valence-electron chi connectivity index (χ2n) is 4.93. The molecule has 0 aliphatic carbocycles. The average molecular weight is 196 g/mol. The van der Waals surface area contributed by atoms with Crippen LogP contribution in [0.5, 0.6) is 0 Å². The van der Waals surface area contributed by atoms with Gasteiger partial charge in [0.15, 0.2) is 6.54 Å². The Morgan fingerprint density at radius 1 is 1.14 bits per heavy atom. The minimum atomic E-state index is 0.507. The van der Waals surface area contributed by atoms with Gasteiger partial charge in [-0.3, -0.25) is 9.33 Å². The number of nitrogens with zero attached hydrogens (tertiary/aromatic N) is 4. The largest absolute Gasteiger partial charge is 0.339 e. The van der Waals surface area contributed by atoms with Crippen LogP contribution in [-0.4, -0.2) is 63.5 Å². The van der Waals surface area contributed by atoms with E-state index in [9.17, 15) is 0 Å². The van der Waals surface area contributed by atoms with Gasteiger partial charge >= 0.3 is 6.67 Å². The first-order valence-electron chi connectivity index (χ1n) is 4.67. The summed E-state index contributed by atoms with van der Waals surface area (Å²) in [5, 5.41) is 8.62. The smallest absolute Gasteiger partial charge is 0.312 e. The summed E-state index contributed by atoms with van der Waals surface area (Å²) in [5.74, 6) is 0. The number of quaternary nitrogens is 2. The molecule has 0 bridgehead atoms. The molecule has 0 atom stereocenters. The van der Waals surface area contributed by atoms with Gasteiger partial charge in [-0.1, -0.05) is 0 Å². The number of hydrogen-bond acceptors (Lipinski definition) is 1. The number of nitriles is 1. The third-order valence-corrected chi connectivity index (χ3v) is 2.26. The molecule has 0 aromatic carbocycles. The fourth-order valence-corrected chi connectivity index (χ4v) is 1.07. The van der Waals surface area contributed by atoms with Crippen molar-refractivity contribution in [2.24, 2.45) is 0 Å². The molecule has 0 fully saturated rings. The number of rotatable bonds is 5. The third-order valence-electron chi connectivity index (χ3n) is 2.26. The normalized spacial score (nSPS) is 11.9. The van der Waals surface area contributed by atoms with Gasteiger partial charge in [0, 0.05) is 0 Å². The van der Waals surface area contributed by atoms with Crippen molar-refractivity contribution in [3.05, 3.63) is 11.4 Å². The first kappa shape index (κ1) is 12.9. The molecule has 0 N–H and O–H groups in total. The molecule has 14 heavy (non-hydrogen) atoms. The Hall–Kier alpha value is -1.10. The quantitative estimate of drug-likeness (QED) is 0.358. The van der Waals surface area contributed by atoms with Crippen molar-refractivity contribution in [1.29, 1.82) is 5.26 Å². The van der Waals surface area contributed by atoms with Crippen LogP contribution in [0.1, 0.15) is 0 Å². The summed E-state index contributed by atoms with van der Waals surface area (Å²) in [6.07, 6.45) is 0. The second-order valence-corrected chi connectivity index (χ2v) is 4.93. The zero-order chi connectivity index (χ0) is 11.2. The molecule has 0 aliphatic heterocycles. The van der Waals surface area contributed by atoms with Gasteiger partial charge in [-0.05, 0) is 0 Å². The van der Waals surface area contributed by atoms with E-state index in [4.69, 9.17) is 11.8 Å². The molecular formula is C10H20N4+2. The highest BCUT2D eigenvalue weighted by Gasteiger charge is 2.23. The Bertz CT molecular complexity index is 226. The third kappa shape index (κ3) is 5.53. The zero-order valence-corrected chi connectivity index (χ0v) is 9.62. The summed E-state index contributed by atoms with van der Waals surface area (Å²) in [5.41, 5.74) is 0. The molecule has 0 saturated carbocycles. The lowest BCUT2D eigenvalue weighted by Crippen LogP contribution is -2.50. The molecule has 4 heteroatoms. The van der Waals surface area contributed by atoms with E-state index < -0.39 is 0 Å². The maximum Gasteiger partial charge on any atom is 0.339 e. The lowest BCUT2D eigenvalue weighted by atomic mass is 10.4. The van der Waals surface area contributed by atoms with E-state index in [2.05, 4.69) is 10.9 Å². The summed E-state index contributed by atoms with van der Waals surface area (Å²) in [4.78, 5) is 3.40. The number of likely N-dealkylation sites (N-methyl/N-ethyl adjacent to an activating group) is 2. The predicted octanol–water partition coefficient (Wildman–Crippen LogP) is 0.540. The van der Waals surface area contributed by atoms with Gasteiger partial charge in [0.05, 0.1) is 28.2 Å². The Balaban J connectivity index is 4.06. The van der Waals surface area contributed by atoms with Gasteiger partial charge in [-0.15, -0.1) is 0 Å². The van der Waals surface area contributed by atoms with Crippen molar-refractivity contribution in [2.75, 3.05) is 54.5 Å². The monoisotopic (exact) mass is 196 g/mol. The molecule has 0 amide bonds. The summed E-state index contributed by atoms with van der Waals surface area (Å²) in [6, 6.07) is 2.18. The van der Waals surface area contributed by atoms with Crippen molar-refractivity contribution in [3.63, 3.8) is 0 Å². The van der Waals surface area contributed by atoms with Gasteiger partial charge in [-0.2, -0.15) is 5.26 Å². The van der Waals surface area contributed by atoms with Crippen LogP contribution in [0.4, 0.5) is 0 Å². The fourth-order valence-electron chi connectivity index (χ4n) is 1.07. The predicted molar refractivity (Wildman–Crippen MR) is 55.9 cm³/mol. The average Bonchev–Trinajstić information content (AvgIpc) is 2.01. The first-order chi connectivity index (χ1) is 6.33. The van der Waals surface area contributed by atoms with Gasteiger partial charge < -0.3 is 4.48 Å². The first-order valence-corrected chi connectivity index (χ1v) is 4.67. The molecule has 4 nitrogen and oxygen atoms in total. The molecule has 0 aromatic heterocycles. The molecule has 0 aliphatic rings. The van der Waals surface area contributed by atoms with E-state index in [1.165, 1.54) is 0 Å². The van der Waals surface area contributed by atoms with Crippen LogP contribution in [0.2, 0.25) is 0 Å². The zero-order valence-electron chi connectivity index (χ0n) is 9.62. The van der Waals surface area contributed by atoms with E-state index in [1.807, 2.05) is 28.2 Å². The molecule has 0 unspecified atom stereocenters. The van der Waals surface area contributed by atoms with Crippen molar-refractivity contribution in [3.8, 4) is 6.07 Å². The summed E-state index contributed by atoms with van der Waals surface area (Å²) >= 11 is 0. The van der Waals surface area contributed by atoms with Crippen LogP contribution < -0.4 is 0 Å². The second kappa shape index (κ2) is 4.95. The standard InChI is InChI=1S/C10H20N4/c1-12-10-14(4,5)9-8-13(2,3)7-6-11/h7-10H2,2-5H3/q+2. The van der Waals surface area contributed by atoms with Crippen LogP contribution in [0.15, 0.2) is 0 Å². The van der Waals surface area contributed by atoms with Gasteiger partial charge in [0.1, 0.15) is 19.2 Å². The molecule has 0 heterocycles. The highest BCUT2D eigenvalue weighted by atomic mass is 15.4. The fraction of sp³-hybridized carbons (Fsp3) is 0.800. The summed E-state index contributed by atoms with van der Waals surface area (Å²) < 4.78 is 1.41. The molecular weight excluding hydrogens is 176 g/mol. The van der Waals surface area contributed by atoms with E-state index in [0.29, 0.717) is 22.2 Å². The van der Waals surface area contributed by atoms with Crippen LogP contribution in [0.25, 0.3) is 4.85 Å². The van der Waals surface area contributed by atoms with E-state index in [-0.39, 0.29) is 0 Å². The van der Waals surface area contributed by atoms with Crippen LogP contribution >= 0.6 is 0 Å². The Morgan fingerprint density at radius 2 is 1.64 bits per heavy atom. The van der Waals surface area contributed by atoms with E-state index in [1.54, 1.807) is 0 Å². The van der Waals surface area contributed by atoms with Gasteiger partial charge in [0.2, 0.25) is 0 Å². The van der Waals surface area contributed by atoms with E-state index in [0.717, 1.165) is 13.1 Å². The molecule has 78 valence electrons. The van der Waals surface area contributed by atoms with E-state index >= 15 is 0 Å². The Labute approximate surface area is 87.0 Å². The maximum atomic E-state index is 8.62. The van der Waals surface area contributed by atoms with Crippen molar-refractivity contribution in [1.82, 2.24) is 0 Å². The van der Waals surface area contributed by atoms with Gasteiger partial charge in [0.25, 0.3) is 0 Å². The SMILES string of the molecule is [C-]#[N+]C[N+](C)(C)CC[N+](C)(C)CC#N. The maximum absolute atomic E-state index is 8.62. The highest BCUT2D eigenvalue weighted by molar-refractivity contribution is 4.66. The topological polar surface area (TPSA) is 28.1 Å².